The summed E-state index contributed by atoms with van der Waals surface area (Å²) in [6.07, 6.45) is -43.5. The lowest BCUT2D eigenvalue weighted by Crippen LogP contribution is -2.68. The largest absolute Gasteiger partial charge is 0.394 e. The second-order valence-electron chi connectivity index (χ2n) is 15.3. The molecule has 5 rings (SSSR count). The van der Waals surface area contributed by atoms with Gasteiger partial charge in [0.1, 0.15) is 122 Å². The molecule has 25 atom stereocenters. The van der Waals surface area contributed by atoms with E-state index >= 15 is 0 Å². The molecule has 5 heterocycles. The number of ether oxygens (including phenoxy) is 10. The Kier molecular flexibility index (Phi) is 19.1. The fourth-order valence-electron chi connectivity index (χ4n) is 7.60. The van der Waals surface area contributed by atoms with E-state index < -0.39 is 187 Å². The van der Waals surface area contributed by atoms with Gasteiger partial charge in [-0.2, -0.15) is 0 Å². The zero-order valence-corrected chi connectivity index (χ0v) is 32.6. The van der Waals surface area contributed by atoms with Crippen molar-refractivity contribution in [3.8, 4) is 0 Å². The van der Waals surface area contributed by atoms with E-state index in [1.54, 1.807) is 0 Å². The molecule has 10 unspecified atom stereocenters. The quantitative estimate of drug-likeness (QED) is 0.0568. The number of aliphatic hydroxyl groups is 16. The zero-order valence-electron chi connectivity index (χ0n) is 32.6. The summed E-state index contributed by atoms with van der Waals surface area (Å²) in [6.45, 7) is -3.91. The first-order valence-corrected chi connectivity index (χ1v) is 19.8. The Hall–Kier alpha value is -1.08. The molecule has 0 spiro atoms. The molecule has 5 saturated heterocycles. The van der Waals surface area contributed by atoms with Gasteiger partial charge in [-0.25, -0.2) is 0 Å². The van der Waals surface area contributed by atoms with E-state index in [-0.39, 0.29) is 6.61 Å². The molecule has 61 heavy (non-hydrogen) atoms. The summed E-state index contributed by atoms with van der Waals surface area (Å²) >= 11 is 0. The molecule has 0 aromatic rings. The first-order valence-electron chi connectivity index (χ1n) is 19.8. The van der Waals surface area contributed by atoms with Gasteiger partial charge in [0.15, 0.2) is 31.5 Å². The fraction of sp³-hybridized carbons (Fsp3) is 1.00. The van der Waals surface area contributed by atoms with E-state index in [1.807, 2.05) is 0 Å². The molecule has 0 bridgehead atoms. The van der Waals surface area contributed by atoms with E-state index in [2.05, 4.69) is 0 Å². The molecule has 358 valence electrons. The predicted molar refractivity (Wildman–Crippen MR) is 189 cm³/mol. The van der Waals surface area contributed by atoms with Crippen LogP contribution in [-0.2, 0) is 47.4 Å². The average Bonchev–Trinajstić information content (AvgIpc) is 3.26. The van der Waals surface area contributed by atoms with Crippen LogP contribution in [0.4, 0.5) is 0 Å². The molecule has 27 heteroatoms. The third-order valence-corrected chi connectivity index (χ3v) is 11.2. The second-order valence-corrected chi connectivity index (χ2v) is 15.3. The summed E-state index contributed by atoms with van der Waals surface area (Å²) in [7, 11) is 0. The van der Waals surface area contributed by atoms with Crippen LogP contribution in [-0.4, -0.2) is 281 Å². The van der Waals surface area contributed by atoms with Crippen LogP contribution in [0, 0.1) is 0 Å². The maximum atomic E-state index is 11.2. The van der Waals surface area contributed by atoms with Crippen molar-refractivity contribution in [2.75, 3.05) is 46.2 Å². The molecule has 18 N–H and O–H groups in total. The minimum absolute atomic E-state index is 0.109. The lowest BCUT2D eigenvalue weighted by Gasteiger charge is -2.49. The third-order valence-electron chi connectivity index (χ3n) is 11.2. The molecular weight excluding hydrogens is 838 g/mol. The smallest absolute Gasteiger partial charge is 0.187 e. The highest BCUT2D eigenvalue weighted by molar-refractivity contribution is 4.99. The lowest BCUT2D eigenvalue weighted by atomic mass is 9.95. The lowest BCUT2D eigenvalue weighted by molar-refractivity contribution is -0.393. The first kappa shape index (κ1) is 50.9. The summed E-state index contributed by atoms with van der Waals surface area (Å²) in [5, 5.41) is 168. The van der Waals surface area contributed by atoms with Gasteiger partial charge in [0.05, 0.1) is 33.0 Å². The zero-order chi connectivity index (χ0) is 44.9. The predicted octanol–water partition coefficient (Wildman–Crippen LogP) is -11.2. The van der Waals surface area contributed by atoms with Crippen LogP contribution in [0.1, 0.15) is 12.8 Å². The Morgan fingerprint density at radius 1 is 0.328 bits per heavy atom. The van der Waals surface area contributed by atoms with Gasteiger partial charge >= 0.3 is 0 Å². The van der Waals surface area contributed by atoms with Gasteiger partial charge in [0.25, 0.3) is 0 Å². The molecule has 5 aliphatic rings. The van der Waals surface area contributed by atoms with Crippen molar-refractivity contribution in [3.05, 3.63) is 0 Å². The Labute approximate surface area is 347 Å². The summed E-state index contributed by atoms with van der Waals surface area (Å²) in [4.78, 5) is 0. The van der Waals surface area contributed by atoms with E-state index in [9.17, 15) is 81.7 Å². The van der Waals surface area contributed by atoms with Gasteiger partial charge in [-0.1, -0.05) is 0 Å². The summed E-state index contributed by atoms with van der Waals surface area (Å²) in [5.41, 5.74) is 5.46. The first-order chi connectivity index (χ1) is 29.1. The van der Waals surface area contributed by atoms with Crippen LogP contribution >= 0.6 is 0 Å². The highest BCUT2D eigenvalue weighted by Gasteiger charge is 2.56. The number of hydrogen-bond acceptors (Lipinski definition) is 27. The molecule has 0 amide bonds. The van der Waals surface area contributed by atoms with Gasteiger partial charge < -0.3 is 135 Å². The minimum atomic E-state index is -2.11. The highest BCUT2D eigenvalue weighted by atomic mass is 16.8. The molecule has 5 fully saturated rings. The maximum Gasteiger partial charge on any atom is 0.187 e. The van der Waals surface area contributed by atoms with Crippen molar-refractivity contribution >= 4 is 0 Å². The molecule has 0 radical (unpaired) electrons. The summed E-state index contributed by atoms with van der Waals surface area (Å²) < 4.78 is 55.6. The van der Waals surface area contributed by atoms with Crippen molar-refractivity contribution in [1.29, 1.82) is 0 Å². The molecule has 27 nitrogen and oxygen atoms in total. The van der Waals surface area contributed by atoms with Crippen molar-refractivity contribution in [2.45, 2.75) is 166 Å². The van der Waals surface area contributed by atoms with E-state index in [1.165, 1.54) is 0 Å². The van der Waals surface area contributed by atoms with E-state index in [0.717, 1.165) is 0 Å². The van der Waals surface area contributed by atoms with Crippen molar-refractivity contribution in [2.24, 2.45) is 5.73 Å². The fourth-order valence-corrected chi connectivity index (χ4v) is 7.60. The number of aliphatic hydroxyl groups excluding tert-OH is 16. The maximum absolute atomic E-state index is 11.2. The summed E-state index contributed by atoms with van der Waals surface area (Å²) in [5.74, 6) is 0. The van der Waals surface area contributed by atoms with Crippen LogP contribution in [0.3, 0.4) is 0 Å². The van der Waals surface area contributed by atoms with Crippen molar-refractivity contribution < 1.29 is 129 Å². The van der Waals surface area contributed by atoms with Gasteiger partial charge in [-0.3, -0.25) is 0 Å². The Morgan fingerprint density at radius 3 is 0.918 bits per heavy atom. The van der Waals surface area contributed by atoms with E-state index in [0.29, 0.717) is 19.4 Å². The van der Waals surface area contributed by atoms with Crippen LogP contribution in [0.2, 0.25) is 0 Å². The molecular formula is C34H61NO26. The SMILES string of the molecule is NCCCCO[C@H]1OC(CO)[C@H](O[C@H]2OC(CO)[C@@H](O[C@@H]3OC(CO)[C@@H](O[C@@H]4OC(CO)[C@@H](O[C@H]5OC(CO)[C@H](O)[C@H](O)C5O)C(O)[C@@H]4O)C(O)[C@@H]3O)[C@H](O)C2O)[C@H](O)C1O. The third kappa shape index (κ3) is 11.1. The van der Waals surface area contributed by atoms with Gasteiger partial charge in [-0.05, 0) is 19.4 Å². The molecule has 0 aliphatic carbocycles. The van der Waals surface area contributed by atoms with Gasteiger partial charge in [-0.15, -0.1) is 0 Å². The van der Waals surface area contributed by atoms with Crippen molar-refractivity contribution in [1.82, 2.24) is 0 Å². The monoisotopic (exact) mass is 899 g/mol. The molecule has 0 aromatic heterocycles. The van der Waals surface area contributed by atoms with Gasteiger partial charge in [0, 0.05) is 6.61 Å². The molecule has 5 aliphatic heterocycles. The van der Waals surface area contributed by atoms with Crippen LogP contribution in [0.25, 0.3) is 0 Å². The average molecular weight is 900 g/mol. The molecule has 0 saturated carbocycles. The van der Waals surface area contributed by atoms with Crippen LogP contribution in [0.15, 0.2) is 0 Å². The second kappa shape index (κ2) is 22.9. The van der Waals surface area contributed by atoms with Gasteiger partial charge in [0.2, 0.25) is 0 Å². The summed E-state index contributed by atoms with van der Waals surface area (Å²) in [6, 6.07) is 0. The minimum Gasteiger partial charge on any atom is -0.394 e. The number of hydrogen-bond donors (Lipinski definition) is 17. The normalized spacial score (nSPS) is 49.8. The number of unbranched alkanes of at least 4 members (excludes halogenated alkanes) is 1. The number of rotatable bonds is 18. The Morgan fingerprint density at radius 2 is 0.607 bits per heavy atom. The standard InChI is InChI=1S/C34H61NO26/c35-3-1-2-4-52-30-22(48)17(43)26(11(6-37)54-30)59-32-24(50)19(45)28(13(8-39)56-32)61-34-25(51)20(46)29(14(9-40)57-34)60-33-23(49)18(44)27(12(7-38)55-33)58-31-21(47)16(42)15(41)10(5-36)53-31/h10-34,36-51H,1-9,35H2/t10?,11?,12?,13?,14?,15-,16-,17+,18?,19+,20?,21?,22?,23-,24?,25-,26-,27+,28+,29+,30-,31+,32+,33-,34-/m0/s1. The number of nitrogens with two attached hydrogens (primary N) is 1. The highest BCUT2D eigenvalue weighted by Crippen LogP contribution is 2.35. The Bertz CT molecular complexity index is 1290. The van der Waals surface area contributed by atoms with Crippen molar-refractivity contribution in [3.63, 3.8) is 0 Å². The van der Waals surface area contributed by atoms with E-state index in [4.69, 9.17) is 53.1 Å². The van der Waals surface area contributed by atoms with Crippen LogP contribution in [0.5, 0.6) is 0 Å². The Balaban J connectivity index is 1.20. The van der Waals surface area contributed by atoms with Crippen LogP contribution < -0.4 is 5.73 Å². The topological polar surface area (TPSA) is 442 Å². The molecule has 0 aromatic carbocycles.